The molecule has 4 aromatic heterocycles. The van der Waals surface area contributed by atoms with Crippen LogP contribution in [0.3, 0.4) is 0 Å². The van der Waals surface area contributed by atoms with Crippen molar-refractivity contribution in [3.05, 3.63) is 137 Å². The zero-order valence-electron chi connectivity index (χ0n) is 41.2. The second kappa shape index (κ2) is 23.2. The van der Waals surface area contributed by atoms with Crippen LogP contribution < -0.4 is 23.7 Å². The molecule has 386 valence electrons. The van der Waals surface area contributed by atoms with Gasteiger partial charge in [0.1, 0.15) is 39.4 Å². The van der Waals surface area contributed by atoms with Crippen LogP contribution >= 0.6 is 0 Å². The Bertz CT molecular complexity index is 3310. The minimum atomic E-state index is -4.05. The number of hydrogen-bond acceptors (Lipinski definition) is 16. The number of carbonyl (C=O) groups is 2. The van der Waals surface area contributed by atoms with Crippen molar-refractivity contribution in [1.29, 1.82) is 0 Å². The molecule has 0 fully saturated rings. The van der Waals surface area contributed by atoms with Gasteiger partial charge in [-0.3, -0.25) is 18.2 Å². The molecule has 2 amide bonds. The van der Waals surface area contributed by atoms with Crippen LogP contribution in [0.15, 0.2) is 96.6 Å². The highest BCUT2D eigenvalue weighted by atomic mass is 32.2. The van der Waals surface area contributed by atoms with E-state index in [2.05, 4.69) is 107 Å². The maximum Gasteiger partial charge on any atom is 0.274 e. The van der Waals surface area contributed by atoms with E-state index in [4.69, 9.17) is 9.63 Å². The molecule has 4 N–H and O–H groups in total. The molecule has 0 radical (unpaired) electrons. The maximum absolute atomic E-state index is 13.8. The fourth-order valence-corrected chi connectivity index (χ4v) is 14.3. The lowest BCUT2D eigenvalue weighted by molar-refractivity contribution is 0.0935. The number of halogens is 2. The molecule has 2 aromatic carbocycles. The number of oxime groups is 1. The Balaban J connectivity index is 0.000000283. The summed E-state index contributed by atoms with van der Waals surface area (Å²) in [6.07, 6.45) is 5.05. The monoisotopic (exact) mass is 1060 g/mol. The average molecular weight is 1060 g/mol. The first-order chi connectivity index (χ1) is 34.4. The van der Waals surface area contributed by atoms with Crippen LogP contribution in [0.2, 0.25) is 16.6 Å². The van der Waals surface area contributed by atoms with Crippen molar-refractivity contribution in [1.82, 2.24) is 40.5 Å². The number of benzene rings is 2. The normalized spacial score (nSPS) is 11.9. The average Bonchev–Trinajstić information content (AvgIpc) is 3.36. The number of amides is 2. The molecule has 0 aliphatic carbocycles. The van der Waals surface area contributed by atoms with E-state index in [-0.39, 0.29) is 80.6 Å². The molecule has 25 heteroatoms. The van der Waals surface area contributed by atoms with E-state index in [1.54, 1.807) is 0 Å². The van der Waals surface area contributed by atoms with Crippen LogP contribution in [-0.2, 0) is 33.1 Å². The van der Waals surface area contributed by atoms with Crippen LogP contribution in [0.1, 0.15) is 85.0 Å². The SMILES string of the molecule is C=CS(=O)(=O)N(C)c1nc(C(=O)NCc2ccc(F)cc2)c(O[Si](C(C)C)(C(C)C)C(C)C)c2nc(/C=N/O)cnc12.C=Cc1cnc2c(N(C)S(=O)(=O)C=C)nc(C(=O)NCc3ccc(F)cc3)c(O)c2n1. The number of sulfonamides is 2. The van der Waals surface area contributed by atoms with E-state index in [1.807, 2.05) is 0 Å². The quantitative estimate of drug-likeness (QED) is 0.0262. The predicted octanol–water partition coefficient (Wildman–Crippen LogP) is 7.72. The van der Waals surface area contributed by atoms with Gasteiger partial charge in [-0.2, -0.15) is 0 Å². The number of aromatic nitrogens is 6. The Hall–Kier alpha value is -7.77. The molecular weight excluding hydrogens is 1000 g/mol. The van der Waals surface area contributed by atoms with Gasteiger partial charge in [-0.25, -0.2) is 55.5 Å². The van der Waals surface area contributed by atoms with Gasteiger partial charge in [-0.1, -0.05) is 90.7 Å². The lowest BCUT2D eigenvalue weighted by Gasteiger charge is -2.42. The predicted molar refractivity (Wildman–Crippen MR) is 278 cm³/mol. The summed E-state index contributed by atoms with van der Waals surface area (Å²) >= 11 is 0. The fourth-order valence-electron chi connectivity index (χ4n) is 7.90. The molecule has 4 heterocycles. The smallest absolute Gasteiger partial charge is 0.274 e. The van der Waals surface area contributed by atoms with Crippen LogP contribution in [0.5, 0.6) is 11.5 Å². The summed E-state index contributed by atoms with van der Waals surface area (Å²) in [5, 5.41) is 29.6. The third-order valence-electron chi connectivity index (χ3n) is 11.6. The Kier molecular flexibility index (Phi) is 17.8. The van der Waals surface area contributed by atoms with Gasteiger partial charge in [-0.05, 0) is 58.1 Å². The van der Waals surface area contributed by atoms with E-state index in [9.17, 15) is 40.3 Å². The summed E-state index contributed by atoms with van der Waals surface area (Å²) in [6.45, 7) is 22.7. The molecule has 0 bridgehead atoms. The zero-order valence-corrected chi connectivity index (χ0v) is 43.8. The highest BCUT2D eigenvalue weighted by molar-refractivity contribution is 7.95. The molecule has 0 aliphatic heterocycles. The highest BCUT2D eigenvalue weighted by Gasteiger charge is 2.48. The van der Waals surface area contributed by atoms with Gasteiger partial charge in [0.2, 0.25) is 0 Å². The number of carbonyl (C=O) groups excluding carboxylic acids is 2. The second-order valence-electron chi connectivity index (χ2n) is 17.1. The fraction of sp³-hybridized carbons (Fsp3) is 0.271. The first-order valence-electron chi connectivity index (χ1n) is 22.2. The summed E-state index contributed by atoms with van der Waals surface area (Å²) < 4.78 is 85.3. The molecule has 0 unspecified atom stereocenters. The van der Waals surface area contributed by atoms with Crippen LogP contribution in [-0.4, -0.2) is 97.5 Å². The van der Waals surface area contributed by atoms with E-state index >= 15 is 0 Å². The molecule has 0 spiro atoms. The van der Waals surface area contributed by atoms with Crippen LogP contribution in [0, 0.1) is 11.6 Å². The van der Waals surface area contributed by atoms with Crippen molar-refractivity contribution < 1.29 is 49.9 Å². The topological polar surface area (TPSA) is 272 Å². The van der Waals surface area contributed by atoms with Crippen molar-refractivity contribution in [2.45, 2.75) is 71.3 Å². The number of aromatic hydroxyl groups is 1. The molecule has 6 rings (SSSR count). The molecular formula is C48H55F2N11O9S2Si. The minimum absolute atomic E-state index is 0.0206. The second-order valence-corrected chi connectivity index (χ2v) is 26.3. The van der Waals surface area contributed by atoms with Gasteiger partial charge in [0.15, 0.2) is 34.5 Å². The Labute approximate surface area is 422 Å². The highest BCUT2D eigenvalue weighted by Crippen LogP contribution is 2.45. The largest absolute Gasteiger partial charge is 0.540 e. The Morgan fingerprint density at radius 2 is 1.10 bits per heavy atom. The van der Waals surface area contributed by atoms with E-state index in [1.165, 1.54) is 81.1 Å². The standard InChI is InChI=1S/C28H37FN6O5SSi.C20H18FN5O4S/c1-9-41(38,39)35(8)27-24-23(33-22(15-30-24)16-32-37)26(40-42(17(2)3,18(4)5)19(6)7)25(34-27)28(36)31-14-20-10-12-21(29)13-11-20;1-4-14-11-22-16-15(24-14)18(27)17(25-19(16)26(3)31(29,30)5-2)20(28)23-10-12-6-8-13(21)9-7-12/h9-13,15-19,37H,1,14H2,2-8H3,(H,31,36);4-9,11,27H,1-2,10H2,3H3,(H,23,28)/b32-16+;. The zero-order chi connectivity index (χ0) is 54.2. The number of fused-ring (bicyclic) bond motifs is 2. The number of nitrogens with one attached hydrogen (secondary N) is 2. The molecule has 0 aliphatic rings. The van der Waals surface area contributed by atoms with Gasteiger partial charge in [0, 0.05) is 38.0 Å². The van der Waals surface area contributed by atoms with E-state index in [0.29, 0.717) is 22.2 Å². The minimum Gasteiger partial charge on any atom is -0.540 e. The van der Waals surface area contributed by atoms with Crippen molar-refractivity contribution in [3.63, 3.8) is 0 Å². The molecule has 6 aromatic rings. The van der Waals surface area contributed by atoms with E-state index in [0.717, 1.165) is 20.2 Å². The number of anilines is 2. The van der Waals surface area contributed by atoms with Crippen molar-refractivity contribution >= 4 is 86.2 Å². The summed E-state index contributed by atoms with van der Waals surface area (Å²) in [5.74, 6) is -3.20. The molecule has 73 heavy (non-hydrogen) atoms. The molecule has 20 nitrogen and oxygen atoms in total. The summed E-state index contributed by atoms with van der Waals surface area (Å²) in [7, 11) is -8.30. The third kappa shape index (κ3) is 12.3. The summed E-state index contributed by atoms with van der Waals surface area (Å²) in [4.78, 5) is 52.4. The first kappa shape index (κ1) is 56.1. The Morgan fingerprint density at radius 1 is 0.685 bits per heavy atom. The lowest BCUT2D eigenvalue weighted by atomic mass is 10.2. The number of rotatable bonds is 19. The van der Waals surface area contributed by atoms with Crippen molar-refractivity contribution in [2.24, 2.45) is 5.16 Å². The molecule has 0 atom stereocenters. The molecule has 0 saturated heterocycles. The first-order valence-corrected chi connectivity index (χ1v) is 27.4. The summed E-state index contributed by atoms with van der Waals surface area (Å²) in [6, 6.07) is 11.1. The number of hydrogen-bond donors (Lipinski definition) is 4. The van der Waals surface area contributed by atoms with E-state index < -0.39 is 63.3 Å². The van der Waals surface area contributed by atoms with Crippen LogP contribution in [0.4, 0.5) is 20.4 Å². The van der Waals surface area contributed by atoms with Crippen LogP contribution in [0.25, 0.3) is 28.1 Å². The third-order valence-corrected chi connectivity index (χ3v) is 20.3. The lowest BCUT2D eigenvalue weighted by Crippen LogP contribution is -2.51. The van der Waals surface area contributed by atoms with Crippen molar-refractivity contribution in [3.8, 4) is 11.5 Å². The number of pyridine rings is 2. The van der Waals surface area contributed by atoms with Gasteiger partial charge in [0.25, 0.3) is 40.2 Å². The van der Waals surface area contributed by atoms with Gasteiger partial charge in [0.05, 0.1) is 24.3 Å². The van der Waals surface area contributed by atoms with Gasteiger partial charge < -0.3 is 25.4 Å². The molecule has 0 saturated carbocycles. The van der Waals surface area contributed by atoms with Gasteiger partial charge in [-0.15, -0.1) is 0 Å². The maximum atomic E-state index is 13.8. The van der Waals surface area contributed by atoms with Crippen molar-refractivity contribution in [2.75, 3.05) is 22.7 Å². The number of nitrogens with zero attached hydrogens (tertiary/aromatic N) is 9. The Morgan fingerprint density at radius 3 is 1.52 bits per heavy atom. The van der Waals surface area contributed by atoms with Gasteiger partial charge >= 0.3 is 0 Å². The summed E-state index contributed by atoms with van der Waals surface area (Å²) in [5.41, 5.74) is 1.30.